The maximum atomic E-state index is 5.11. The van der Waals surface area contributed by atoms with E-state index in [1.54, 1.807) is 7.11 Å². The highest BCUT2D eigenvalue weighted by atomic mass is 16.5. The summed E-state index contributed by atoms with van der Waals surface area (Å²) in [6, 6.07) is 0. The van der Waals surface area contributed by atoms with Gasteiger partial charge < -0.3 is 14.6 Å². The molecule has 1 atom stereocenters. The molecule has 1 N–H and O–H groups in total. The van der Waals surface area contributed by atoms with Crippen molar-refractivity contribution in [1.29, 1.82) is 0 Å². The summed E-state index contributed by atoms with van der Waals surface area (Å²) in [5.74, 6) is 1.74. The standard InChI is InChI=1S/C8H13N3O2/c1-5(12-2)7-10-8(13-11-7)6-3-9-4-6/h5-6,9H,3-4H2,1-2H3. The molecule has 0 bridgehead atoms. The molecule has 1 aromatic heterocycles. The first kappa shape index (κ1) is 8.65. The topological polar surface area (TPSA) is 60.2 Å². The van der Waals surface area contributed by atoms with Crippen molar-refractivity contribution >= 4 is 0 Å². The van der Waals surface area contributed by atoms with E-state index >= 15 is 0 Å². The maximum Gasteiger partial charge on any atom is 0.232 e. The van der Waals surface area contributed by atoms with Crippen LogP contribution < -0.4 is 5.32 Å². The molecule has 13 heavy (non-hydrogen) atoms. The van der Waals surface area contributed by atoms with Gasteiger partial charge in [-0.25, -0.2) is 0 Å². The van der Waals surface area contributed by atoms with Crippen molar-refractivity contribution in [3.8, 4) is 0 Å². The van der Waals surface area contributed by atoms with Crippen LogP contribution >= 0.6 is 0 Å². The second kappa shape index (κ2) is 3.43. The number of nitrogens with zero attached hydrogens (tertiary/aromatic N) is 2. The van der Waals surface area contributed by atoms with Crippen molar-refractivity contribution in [2.24, 2.45) is 0 Å². The van der Waals surface area contributed by atoms with Gasteiger partial charge in [-0.3, -0.25) is 0 Å². The fraction of sp³-hybridized carbons (Fsp3) is 0.750. The molecule has 1 saturated heterocycles. The Bertz CT molecular complexity index is 263. The smallest absolute Gasteiger partial charge is 0.232 e. The van der Waals surface area contributed by atoms with Gasteiger partial charge in [-0.15, -0.1) is 0 Å². The van der Waals surface area contributed by atoms with Crippen molar-refractivity contribution in [3.63, 3.8) is 0 Å². The summed E-state index contributed by atoms with van der Waals surface area (Å²) in [4.78, 5) is 4.26. The highest BCUT2D eigenvalue weighted by Gasteiger charge is 2.25. The normalized spacial score (nSPS) is 19.8. The molecule has 1 fully saturated rings. The SMILES string of the molecule is COC(C)c1noc(C2CNC2)n1. The number of rotatable bonds is 3. The van der Waals surface area contributed by atoms with Crippen molar-refractivity contribution in [3.05, 3.63) is 11.7 Å². The minimum atomic E-state index is -0.0921. The first-order chi connectivity index (χ1) is 6.31. The Morgan fingerprint density at radius 1 is 1.62 bits per heavy atom. The van der Waals surface area contributed by atoms with Crippen LogP contribution in [-0.4, -0.2) is 30.3 Å². The Kier molecular flexibility index (Phi) is 2.28. The van der Waals surface area contributed by atoms with E-state index in [4.69, 9.17) is 9.26 Å². The number of hydrogen-bond acceptors (Lipinski definition) is 5. The summed E-state index contributed by atoms with van der Waals surface area (Å²) < 4.78 is 10.2. The summed E-state index contributed by atoms with van der Waals surface area (Å²) >= 11 is 0. The van der Waals surface area contributed by atoms with E-state index in [0.29, 0.717) is 11.7 Å². The van der Waals surface area contributed by atoms with Gasteiger partial charge in [0.25, 0.3) is 0 Å². The van der Waals surface area contributed by atoms with E-state index < -0.39 is 0 Å². The number of hydrogen-bond donors (Lipinski definition) is 1. The highest BCUT2D eigenvalue weighted by Crippen LogP contribution is 2.20. The fourth-order valence-corrected chi connectivity index (χ4v) is 1.15. The fourth-order valence-electron chi connectivity index (χ4n) is 1.15. The van der Waals surface area contributed by atoms with Gasteiger partial charge in [-0.1, -0.05) is 5.16 Å². The third kappa shape index (κ3) is 1.57. The van der Waals surface area contributed by atoms with Crippen molar-refractivity contribution in [2.75, 3.05) is 20.2 Å². The average molecular weight is 183 g/mol. The van der Waals surface area contributed by atoms with E-state index in [1.807, 2.05) is 6.92 Å². The number of aromatic nitrogens is 2. The van der Waals surface area contributed by atoms with Gasteiger partial charge in [0.05, 0.1) is 5.92 Å². The Balaban J connectivity index is 2.08. The molecule has 2 heterocycles. The zero-order valence-corrected chi connectivity index (χ0v) is 7.78. The molecule has 1 aliphatic heterocycles. The minimum Gasteiger partial charge on any atom is -0.374 e. The zero-order valence-electron chi connectivity index (χ0n) is 7.78. The molecule has 0 aliphatic carbocycles. The van der Waals surface area contributed by atoms with Crippen LogP contribution in [0.1, 0.15) is 30.7 Å². The highest BCUT2D eigenvalue weighted by molar-refractivity contribution is 5.01. The summed E-state index contributed by atoms with van der Waals surface area (Å²) in [5, 5.41) is 7.00. The Hall–Kier alpha value is -0.940. The average Bonchev–Trinajstić information content (AvgIpc) is 2.49. The first-order valence-electron chi connectivity index (χ1n) is 4.38. The Morgan fingerprint density at radius 2 is 2.38 bits per heavy atom. The lowest BCUT2D eigenvalue weighted by Gasteiger charge is -2.22. The number of ether oxygens (including phenoxy) is 1. The molecule has 1 aliphatic rings. The lowest BCUT2D eigenvalue weighted by Crippen LogP contribution is -2.40. The van der Waals surface area contributed by atoms with E-state index in [9.17, 15) is 0 Å². The molecule has 0 aromatic carbocycles. The lowest BCUT2D eigenvalue weighted by atomic mass is 10.0. The Labute approximate surface area is 76.5 Å². The molecule has 5 nitrogen and oxygen atoms in total. The molecule has 0 radical (unpaired) electrons. The number of nitrogens with one attached hydrogen (secondary N) is 1. The molecule has 72 valence electrons. The van der Waals surface area contributed by atoms with E-state index in [2.05, 4.69) is 15.5 Å². The van der Waals surface area contributed by atoms with E-state index in [1.165, 1.54) is 0 Å². The molecular formula is C8H13N3O2. The van der Waals surface area contributed by atoms with Gasteiger partial charge in [0.1, 0.15) is 6.10 Å². The monoisotopic (exact) mass is 183 g/mol. The van der Waals surface area contributed by atoms with E-state index in [0.717, 1.165) is 19.0 Å². The van der Waals surface area contributed by atoms with Gasteiger partial charge >= 0.3 is 0 Å². The van der Waals surface area contributed by atoms with Crippen LogP contribution in [0.5, 0.6) is 0 Å². The Morgan fingerprint density at radius 3 is 2.92 bits per heavy atom. The molecule has 0 spiro atoms. The molecule has 5 heteroatoms. The van der Waals surface area contributed by atoms with Crippen LogP contribution in [0.25, 0.3) is 0 Å². The van der Waals surface area contributed by atoms with Crippen LogP contribution in [-0.2, 0) is 4.74 Å². The van der Waals surface area contributed by atoms with E-state index in [-0.39, 0.29) is 6.10 Å². The minimum absolute atomic E-state index is 0.0921. The van der Waals surface area contributed by atoms with Gasteiger partial charge in [-0.05, 0) is 6.92 Å². The molecule has 0 amide bonds. The molecule has 1 aromatic rings. The number of methoxy groups -OCH3 is 1. The van der Waals surface area contributed by atoms with Crippen LogP contribution in [0.15, 0.2) is 4.52 Å². The third-order valence-corrected chi connectivity index (χ3v) is 2.31. The zero-order chi connectivity index (χ0) is 9.26. The summed E-state index contributed by atoms with van der Waals surface area (Å²) in [5.41, 5.74) is 0. The van der Waals surface area contributed by atoms with Crippen LogP contribution in [0.3, 0.4) is 0 Å². The second-order valence-corrected chi connectivity index (χ2v) is 3.22. The molecule has 2 rings (SSSR count). The third-order valence-electron chi connectivity index (χ3n) is 2.31. The summed E-state index contributed by atoms with van der Waals surface area (Å²) in [7, 11) is 1.63. The van der Waals surface area contributed by atoms with Crippen molar-refractivity contribution < 1.29 is 9.26 Å². The van der Waals surface area contributed by atoms with Gasteiger partial charge in [0, 0.05) is 20.2 Å². The van der Waals surface area contributed by atoms with Crippen LogP contribution in [0, 0.1) is 0 Å². The largest absolute Gasteiger partial charge is 0.374 e. The maximum absolute atomic E-state index is 5.11. The first-order valence-corrected chi connectivity index (χ1v) is 4.38. The predicted molar refractivity (Wildman–Crippen MR) is 45.3 cm³/mol. The second-order valence-electron chi connectivity index (χ2n) is 3.22. The van der Waals surface area contributed by atoms with Crippen molar-refractivity contribution in [1.82, 2.24) is 15.5 Å². The molecular weight excluding hydrogens is 170 g/mol. The summed E-state index contributed by atoms with van der Waals surface area (Å²) in [6.07, 6.45) is -0.0921. The predicted octanol–water partition coefficient (Wildman–Crippen LogP) is 0.464. The van der Waals surface area contributed by atoms with Crippen LogP contribution in [0.2, 0.25) is 0 Å². The lowest BCUT2D eigenvalue weighted by molar-refractivity contribution is 0.109. The van der Waals surface area contributed by atoms with Crippen LogP contribution in [0.4, 0.5) is 0 Å². The molecule has 1 unspecified atom stereocenters. The van der Waals surface area contributed by atoms with Gasteiger partial charge in [0.2, 0.25) is 5.89 Å². The molecule has 0 saturated carbocycles. The van der Waals surface area contributed by atoms with Gasteiger partial charge in [0.15, 0.2) is 5.82 Å². The quantitative estimate of drug-likeness (QED) is 0.737. The van der Waals surface area contributed by atoms with Crippen molar-refractivity contribution in [2.45, 2.75) is 18.9 Å². The summed E-state index contributed by atoms with van der Waals surface area (Å²) in [6.45, 7) is 3.76. The van der Waals surface area contributed by atoms with Gasteiger partial charge in [-0.2, -0.15) is 4.98 Å².